The Labute approximate surface area is 635 Å². The van der Waals surface area contributed by atoms with Gasteiger partial charge in [-0.25, -0.2) is 0 Å². The second-order valence-corrected chi connectivity index (χ2v) is 31.1. The summed E-state index contributed by atoms with van der Waals surface area (Å²) >= 11 is 0. The Hall–Kier alpha value is -10.7. The maximum atomic E-state index is 6.59. The zero-order chi connectivity index (χ0) is 72.9. The minimum absolute atomic E-state index is 0.0534. The van der Waals surface area contributed by atoms with Crippen LogP contribution in [0.5, 0.6) is 23.0 Å². The van der Waals surface area contributed by atoms with E-state index in [1.54, 1.807) is 0 Å². The van der Waals surface area contributed by atoms with Crippen LogP contribution >= 0.6 is 0 Å². The van der Waals surface area contributed by atoms with Gasteiger partial charge in [0.1, 0.15) is 23.0 Å². The minimum atomic E-state index is -0.705. The van der Waals surface area contributed by atoms with Crippen LogP contribution in [0.15, 0.2) is 291 Å². The van der Waals surface area contributed by atoms with Crippen molar-refractivity contribution in [2.45, 2.75) is 64.2 Å². The Morgan fingerprint density at radius 3 is 0.769 bits per heavy atom. The third-order valence-corrected chi connectivity index (χ3v) is 24.8. The first kappa shape index (κ1) is 69.0. The molecule has 542 valence electrons. The lowest BCUT2D eigenvalue weighted by molar-refractivity contribution is -0.133. The molecular formula is C98H92N2O8. The lowest BCUT2D eigenvalue weighted by Gasteiger charge is -2.40. The molecule has 18 rings (SSSR count). The minimum Gasteiger partial charge on any atom is -0.493 e. The summed E-state index contributed by atoms with van der Waals surface area (Å²) in [5.41, 5.74) is 21.7. The van der Waals surface area contributed by atoms with Crippen LogP contribution in [-0.4, -0.2) is 79.3 Å². The molecule has 0 aromatic heterocycles. The van der Waals surface area contributed by atoms with Crippen molar-refractivity contribution in [1.82, 2.24) is 0 Å². The molecule has 12 aromatic carbocycles. The predicted octanol–water partition coefficient (Wildman–Crippen LogP) is 22.2. The summed E-state index contributed by atoms with van der Waals surface area (Å²) in [7, 11) is 0. The summed E-state index contributed by atoms with van der Waals surface area (Å²) in [6.07, 6.45) is 4.05. The van der Waals surface area contributed by atoms with E-state index in [0.29, 0.717) is 26.4 Å². The first-order chi connectivity index (χ1) is 53.1. The third-order valence-electron chi connectivity index (χ3n) is 24.8. The van der Waals surface area contributed by atoms with Crippen molar-refractivity contribution >= 4 is 34.1 Å². The Morgan fingerprint density at radius 1 is 0.250 bits per heavy atom. The second kappa shape index (κ2) is 28.4. The molecule has 10 heteroatoms. The van der Waals surface area contributed by atoms with Crippen LogP contribution in [0.25, 0.3) is 33.4 Å². The SMILES string of the molecule is CCC1(COc2ccc(C3(c4ccc(OCC5(CC)COC5)cc4)c4ccccc4-c4ccc(N(c5ccccc5)c5ccc(-c6ccc(N(c7ccccc7)c7ccc8c(c7)C(c7ccc(OCC9(CC)COC9)cc7)(c7ccc(OCC9(CC)COC9)cc7)c7ccccc7-8)cc6)cc5)cc43)cc2)COC1. The third kappa shape index (κ3) is 12.0. The molecule has 0 saturated carbocycles. The molecule has 108 heavy (non-hydrogen) atoms. The van der Waals surface area contributed by atoms with E-state index in [2.05, 4.69) is 329 Å². The highest BCUT2D eigenvalue weighted by atomic mass is 16.5. The molecule has 0 radical (unpaired) electrons. The lowest BCUT2D eigenvalue weighted by Crippen LogP contribution is -2.46. The molecule has 4 fully saturated rings. The van der Waals surface area contributed by atoms with Crippen LogP contribution in [0.2, 0.25) is 0 Å². The molecule has 0 atom stereocenters. The van der Waals surface area contributed by atoms with E-state index in [9.17, 15) is 0 Å². The Kier molecular flexibility index (Phi) is 18.2. The Bertz CT molecular complexity index is 4680. The number of hydrogen-bond acceptors (Lipinski definition) is 10. The van der Waals surface area contributed by atoms with E-state index >= 15 is 0 Å². The van der Waals surface area contributed by atoms with E-state index in [1.165, 1.54) is 44.5 Å². The average molecular weight is 1430 g/mol. The van der Waals surface area contributed by atoms with Gasteiger partial charge in [-0.1, -0.05) is 198 Å². The van der Waals surface area contributed by atoms with E-state index in [0.717, 1.165) is 169 Å². The van der Waals surface area contributed by atoms with Crippen molar-refractivity contribution in [3.05, 3.63) is 336 Å². The molecule has 0 spiro atoms. The van der Waals surface area contributed by atoms with Gasteiger partial charge in [-0.05, 0) is 225 Å². The second-order valence-electron chi connectivity index (χ2n) is 31.1. The van der Waals surface area contributed by atoms with Gasteiger partial charge >= 0.3 is 0 Å². The van der Waals surface area contributed by atoms with Crippen molar-refractivity contribution in [3.8, 4) is 56.4 Å². The van der Waals surface area contributed by atoms with Crippen LogP contribution in [0.1, 0.15) is 97.9 Å². The summed E-state index contributed by atoms with van der Waals surface area (Å²) in [4.78, 5) is 4.79. The van der Waals surface area contributed by atoms with E-state index < -0.39 is 10.8 Å². The molecule has 10 nitrogen and oxygen atoms in total. The van der Waals surface area contributed by atoms with Crippen LogP contribution in [-0.2, 0) is 29.8 Å². The summed E-state index contributed by atoms with van der Waals surface area (Å²) < 4.78 is 49.1. The van der Waals surface area contributed by atoms with Crippen molar-refractivity contribution < 1.29 is 37.9 Å². The zero-order valence-corrected chi connectivity index (χ0v) is 62.2. The van der Waals surface area contributed by atoms with E-state index in [1.807, 2.05) is 0 Å². The van der Waals surface area contributed by atoms with Gasteiger partial charge in [0.15, 0.2) is 0 Å². The standard InChI is InChI=1S/C98H92N2O8/c1-5-93(57-101-58-93)65-105-81-45-31-71(32-46-81)97(72-33-47-82(48-34-72)106-66-94(6-2)59-102-60-94)89-25-17-15-23-85(89)87-53-43-79(55-91(87)97)99(75-19-11-9-12-20-75)77-39-27-69(28-40-77)70-29-41-78(42-30-70)100(76-21-13-10-14-22-76)80-44-54-88-86-24-16-18-26-90(86)98(92(88)56-80,73-35-49-83(50-36-73)107-67-95(7-3)61-103-62-95)74-37-51-84(52-38-74)108-68-96(8-4)63-104-64-96/h9-56H,5-8,57-68H2,1-4H3. The number of ether oxygens (including phenoxy) is 8. The monoisotopic (exact) mass is 1420 g/mol. The fourth-order valence-electron chi connectivity index (χ4n) is 17.3. The Morgan fingerprint density at radius 2 is 0.500 bits per heavy atom. The van der Waals surface area contributed by atoms with E-state index in [4.69, 9.17) is 37.9 Å². The van der Waals surface area contributed by atoms with Gasteiger partial charge < -0.3 is 47.7 Å². The molecule has 0 bridgehead atoms. The van der Waals surface area contributed by atoms with Crippen molar-refractivity contribution in [2.75, 3.05) is 89.1 Å². The normalized spacial score (nSPS) is 17.2. The summed E-state index contributed by atoms with van der Waals surface area (Å²) in [6.45, 7) is 17.2. The van der Waals surface area contributed by atoms with Gasteiger partial charge in [0, 0.05) is 34.1 Å². The molecule has 0 N–H and O–H groups in total. The first-order valence-electron chi connectivity index (χ1n) is 38.7. The maximum absolute atomic E-state index is 6.59. The molecule has 2 aliphatic carbocycles. The lowest BCUT2D eigenvalue weighted by atomic mass is 9.67. The van der Waals surface area contributed by atoms with Gasteiger partial charge in [-0.3, -0.25) is 0 Å². The topological polar surface area (TPSA) is 80.3 Å². The number of rotatable bonds is 27. The number of hydrogen-bond donors (Lipinski definition) is 0. The number of fused-ring (bicyclic) bond motifs is 6. The molecule has 6 aliphatic rings. The highest BCUT2D eigenvalue weighted by Crippen LogP contribution is 2.60. The zero-order valence-electron chi connectivity index (χ0n) is 62.2. The Balaban J connectivity index is 0.690. The number of nitrogens with zero attached hydrogens (tertiary/aromatic N) is 2. The summed E-state index contributed by atoms with van der Waals surface area (Å²) in [5, 5.41) is 0. The van der Waals surface area contributed by atoms with Gasteiger partial charge in [0.2, 0.25) is 0 Å². The van der Waals surface area contributed by atoms with Gasteiger partial charge in [0.25, 0.3) is 0 Å². The largest absolute Gasteiger partial charge is 0.493 e. The maximum Gasteiger partial charge on any atom is 0.119 e. The summed E-state index contributed by atoms with van der Waals surface area (Å²) in [6, 6.07) is 107. The smallest absolute Gasteiger partial charge is 0.119 e. The molecule has 4 heterocycles. The van der Waals surface area contributed by atoms with Crippen LogP contribution in [0.4, 0.5) is 34.1 Å². The molecule has 4 aliphatic heterocycles. The molecule has 4 saturated heterocycles. The molecular weight excluding hydrogens is 1330 g/mol. The van der Waals surface area contributed by atoms with Crippen LogP contribution in [0, 0.1) is 21.7 Å². The number of benzene rings is 12. The van der Waals surface area contributed by atoms with Crippen LogP contribution < -0.4 is 28.7 Å². The van der Waals surface area contributed by atoms with Gasteiger partial charge in [0.05, 0.1) is 112 Å². The van der Waals surface area contributed by atoms with Gasteiger partial charge in [-0.15, -0.1) is 0 Å². The highest BCUT2D eigenvalue weighted by molar-refractivity contribution is 5.92. The molecule has 0 unspecified atom stereocenters. The van der Waals surface area contributed by atoms with Gasteiger partial charge in [-0.2, -0.15) is 0 Å². The first-order valence-corrected chi connectivity index (χ1v) is 38.7. The van der Waals surface area contributed by atoms with Crippen molar-refractivity contribution in [1.29, 1.82) is 0 Å². The number of para-hydroxylation sites is 2. The van der Waals surface area contributed by atoms with Crippen molar-refractivity contribution in [2.24, 2.45) is 21.7 Å². The average Bonchev–Trinajstić information content (AvgIpc) is 1.54. The fourth-order valence-corrected chi connectivity index (χ4v) is 17.3. The fraction of sp³-hybridized carbons (Fsp3) is 0.265. The summed E-state index contributed by atoms with van der Waals surface area (Å²) in [5.74, 6) is 3.41. The number of anilines is 6. The molecule has 12 aromatic rings. The predicted molar refractivity (Wildman–Crippen MR) is 432 cm³/mol. The van der Waals surface area contributed by atoms with Crippen LogP contribution in [0.3, 0.4) is 0 Å². The van der Waals surface area contributed by atoms with E-state index in [-0.39, 0.29) is 21.7 Å². The highest BCUT2D eigenvalue weighted by Gasteiger charge is 2.50. The van der Waals surface area contributed by atoms with Crippen molar-refractivity contribution in [3.63, 3.8) is 0 Å². The molecule has 0 amide bonds. The quantitative estimate of drug-likeness (QED) is 0.0497.